The van der Waals surface area contributed by atoms with Crippen LogP contribution < -0.4 is 20.1 Å². The average Bonchev–Trinajstić information content (AvgIpc) is 3.13. The van der Waals surface area contributed by atoms with E-state index in [0.717, 1.165) is 42.6 Å². The first-order chi connectivity index (χ1) is 23.3. The van der Waals surface area contributed by atoms with Gasteiger partial charge in [0.15, 0.2) is 0 Å². The van der Waals surface area contributed by atoms with Crippen molar-refractivity contribution in [1.82, 2.24) is 20.4 Å². The van der Waals surface area contributed by atoms with Crippen LogP contribution in [-0.4, -0.2) is 77.6 Å². The molecular formula is C38H46N4O6. The highest BCUT2D eigenvalue weighted by Crippen LogP contribution is 2.40. The van der Waals surface area contributed by atoms with Crippen LogP contribution in [0.4, 0.5) is 0 Å². The monoisotopic (exact) mass is 654 g/mol. The van der Waals surface area contributed by atoms with Crippen molar-refractivity contribution in [3.63, 3.8) is 0 Å². The topological polar surface area (TPSA) is 120 Å². The molecule has 2 saturated heterocycles. The fourth-order valence-electron chi connectivity index (χ4n) is 7.63. The number of carbonyl (C=O) groups is 3. The van der Waals surface area contributed by atoms with Crippen LogP contribution in [0.3, 0.4) is 0 Å². The molecule has 10 nitrogen and oxygen atoms in total. The number of hydrogen-bond donors (Lipinski definition) is 3. The molecule has 3 aromatic rings. The zero-order valence-corrected chi connectivity index (χ0v) is 27.8. The van der Waals surface area contributed by atoms with Gasteiger partial charge in [-0.15, -0.1) is 0 Å². The summed E-state index contributed by atoms with van der Waals surface area (Å²) in [7, 11) is 3.22. The number of aliphatic hydroxyl groups excluding tert-OH is 1. The Hall–Kier alpha value is -4.41. The zero-order valence-electron chi connectivity index (χ0n) is 27.8. The second kappa shape index (κ2) is 14.8. The summed E-state index contributed by atoms with van der Waals surface area (Å²) in [6.07, 6.45) is 5.53. The summed E-state index contributed by atoms with van der Waals surface area (Å²) in [6.45, 7) is 1.45. The zero-order chi connectivity index (χ0) is 33.7. The molecule has 1 saturated carbocycles. The minimum absolute atomic E-state index is 0.0249. The van der Waals surface area contributed by atoms with Crippen molar-refractivity contribution in [3.8, 4) is 17.2 Å². The lowest BCUT2D eigenvalue weighted by atomic mass is 9.73. The van der Waals surface area contributed by atoms with Crippen LogP contribution in [0.25, 0.3) is 0 Å². The van der Waals surface area contributed by atoms with Gasteiger partial charge in [-0.3, -0.25) is 19.3 Å². The first-order valence-electron chi connectivity index (χ1n) is 17.0. The first kappa shape index (κ1) is 33.5. The summed E-state index contributed by atoms with van der Waals surface area (Å²) < 4.78 is 11.3. The second-order valence-electron chi connectivity index (χ2n) is 13.3. The maximum absolute atomic E-state index is 13.8. The summed E-state index contributed by atoms with van der Waals surface area (Å²) in [4.78, 5) is 43.2. The van der Waals surface area contributed by atoms with Crippen LogP contribution >= 0.6 is 0 Å². The number of piperidine rings is 1. The highest BCUT2D eigenvalue weighted by molar-refractivity contribution is 5.98. The Morgan fingerprint density at radius 1 is 0.917 bits per heavy atom. The van der Waals surface area contributed by atoms with E-state index in [1.54, 1.807) is 43.3 Å². The Morgan fingerprint density at radius 2 is 1.52 bits per heavy atom. The molecule has 254 valence electrons. The number of likely N-dealkylation sites (tertiary alicyclic amines) is 1. The molecule has 0 bridgehead atoms. The maximum atomic E-state index is 13.8. The van der Waals surface area contributed by atoms with Gasteiger partial charge in [-0.25, -0.2) is 0 Å². The van der Waals surface area contributed by atoms with Gasteiger partial charge in [0.05, 0.1) is 19.8 Å². The van der Waals surface area contributed by atoms with E-state index in [1.807, 2.05) is 48.5 Å². The van der Waals surface area contributed by atoms with E-state index in [-0.39, 0.29) is 36.2 Å². The number of ether oxygens (including phenoxy) is 2. The van der Waals surface area contributed by atoms with Crippen molar-refractivity contribution < 1.29 is 29.0 Å². The van der Waals surface area contributed by atoms with E-state index in [9.17, 15) is 19.5 Å². The predicted molar refractivity (Wildman–Crippen MR) is 182 cm³/mol. The van der Waals surface area contributed by atoms with Gasteiger partial charge >= 0.3 is 0 Å². The third-order valence-electron chi connectivity index (χ3n) is 10.4. The fourth-order valence-corrected chi connectivity index (χ4v) is 7.63. The third-order valence-corrected chi connectivity index (χ3v) is 10.4. The molecule has 3 aromatic carbocycles. The lowest BCUT2D eigenvalue weighted by molar-refractivity contribution is -0.163. The van der Waals surface area contributed by atoms with E-state index in [1.165, 1.54) is 6.42 Å². The third kappa shape index (κ3) is 7.19. The number of nitrogens with zero attached hydrogens (tertiary/aromatic N) is 2. The molecule has 10 heteroatoms. The number of hydrogen-bond acceptors (Lipinski definition) is 7. The van der Waals surface area contributed by atoms with E-state index in [2.05, 4.69) is 15.5 Å². The Balaban J connectivity index is 1.21. The van der Waals surface area contributed by atoms with E-state index < -0.39 is 11.6 Å². The predicted octanol–water partition coefficient (Wildman–Crippen LogP) is 4.65. The highest BCUT2D eigenvalue weighted by Gasteiger charge is 2.55. The standard InChI is InChI=1S/C38H46N4O6/c1-39-36(45)29-12-18-32(19-13-29)48-31-16-10-26(11-17-31)24-41-21-20-38(22-33(41)35(44)28-6-4-3-5-7-28)37(46)40-23-34(43)42(38)25-27-8-14-30(47-2)15-9-27/h8-19,28,33,35,44H,3-7,20-25H2,1-2H3,(H,39,45)(H,40,46)/t33-,35-,38-/m1/s1. The van der Waals surface area contributed by atoms with Crippen LogP contribution in [0.15, 0.2) is 72.8 Å². The van der Waals surface area contributed by atoms with Crippen molar-refractivity contribution in [2.75, 3.05) is 27.2 Å². The maximum Gasteiger partial charge on any atom is 0.251 e. The van der Waals surface area contributed by atoms with Crippen LogP contribution in [0.5, 0.6) is 17.2 Å². The van der Waals surface area contributed by atoms with Crippen molar-refractivity contribution in [1.29, 1.82) is 0 Å². The van der Waals surface area contributed by atoms with Gasteiger partial charge in [-0.05, 0) is 91.3 Å². The minimum Gasteiger partial charge on any atom is -0.497 e. The molecule has 3 aliphatic rings. The molecule has 0 aromatic heterocycles. The number of rotatable bonds is 10. The van der Waals surface area contributed by atoms with Crippen molar-refractivity contribution >= 4 is 17.7 Å². The SMILES string of the molecule is CNC(=O)c1ccc(Oc2ccc(CN3CC[C@@]4(C[C@@H]3[C@H](O)C3CCCCC3)C(=O)NCC(=O)N4Cc3ccc(OC)cc3)cc2)cc1. The van der Waals surface area contributed by atoms with Gasteiger partial charge in [-0.2, -0.15) is 0 Å². The normalized spacial score (nSPS) is 22.6. The first-order valence-corrected chi connectivity index (χ1v) is 17.0. The van der Waals surface area contributed by atoms with Crippen molar-refractivity contribution in [2.45, 2.75) is 75.7 Å². The molecule has 3 amide bonds. The molecule has 1 spiro atoms. The van der Waals surface area contributed by atoms with Gasteiger partial charge in [0.2, 0.25) is 11.8 Å². The van der Waals surface area contributed by atoms with Gasteiger partial charge in [0.25, 0.3) is 5.91 Å². The molecule has 0 radical (unpaired) electrons. The van der Waals surface area contributed by atoms with Gasteiger partial charge < -0.3 is 30.1 Å². The Labute approximate surface area is 282 Å². The molecule has 1 aliphatic carbocycles. The highest BCUT2D eigenvalue weighted by atomic mass is 16.5. The fraction of sp³-hybridized carbons (Fsp3) is 0.447. The molecule has 0 unspecified atom stereocenters. The minimum atomic E-state index is -1.04. The number of amides is 3. The summed E-state index contributed by atoms with van der Waals surface area (Å²) in [5.74, 6) is 1.80. The average molecular weight is 655 g/mol. The van der Waals surface area contributed by atoms with Gasteiger partial charge in [0.1, 0.15) is 22.8 Å². The van der Waals surface area contributed by atoms with Crippen LogP contribution in [0.1, 0.15) is 66.4 Å². The second-order valence-corrected chi connectivity index (χ2v) is 13.3. The summed E-state index contributed by atoms with van der Waals surface area (Å²) in [6, 6.07) is 22.2. The van der Waals surface area contributed by atoms with Gasteiger partial charge in [-0.1, -0.05) is 43.5 Å². The largest absolute Gasteiger partial charge is 0.497 e. The van der Waals surface area contributed by atoms with Crippen LogP contribution in [0.2, 0.25) is 0 Å². The lowest BCUT2D eigenvalue weighted by Crippen LogP contribution is -2.72. The number of piperazine rings is 1. The summed E-state index contributed by atoms with van der Waals surface area (Å²) in [5, 5.41) is 17.5. The van der Waals surface area contributed by atoms with Crippen LogP contribution in [-0.2, 0) is 22.7 Å². The smallest absolute Gasteiger partial charge is 0.251 e. The quantitative estimate of drug-likeness (QED) is 0.291. The van der Waals surface area contributed by atoms with Gasteiger partial charge in [0, 0.05) is 38.3 Å². The van der Waals surface area contributed by atoms with E-state index in [0.29, 0.717) is 49.5 Å². The van der Waals surface area contributed by atoms with Crippen molar-refractivity contribution in [3.05, 3.63) is 89.5 Å². The lowest BCUT2D eigenvalue weighted by Gasteiger charge is -2.54. The number of methoxy groups -OCH3 is 1. The Bertz CT molecular complexity index is 1570. The molecule has 3 N–H and O–H groups in total. The molecule has 3 fully saturated rings. The number of nitrogens with one attached hydrogen (secondary N) is 2. The molecule has 2 aliphatic heterocycles. The van der Waals surface area contributed by atoms with Crippen LogP contribution in [0, 0.1) is 5.92 Å². The molecule has 3 atom stereocenters. The molecule has 2 heterocycles. The van der Waals surface area contributed by atoms with E-state index in [4.69, 9.17) is 9.47 Å². The Morgan fingerprint density at radius 3 is 2.15 bits per heavy atom. The number of aliphatic hydroxyl groups is 1. The van der Waals surface area contributed by atoms with Crippen molar-refractivity contribution in [2.24, 2.45) is 5.92 Å². The summed E-state index contributed by atoms with van der Waals surface area (Å²) >= 11 is 0. The Kier molecular flexibility index (Phi) is 10.3. The molecular weight excluding hydrogens is 608 g/mol. The van der Waals surface area contributed by atoms with E-state index >= 15 is 0 Å². The molecule has 6 rings (SSSR count). The summed E-state index contributed by atoms with van der Waals surface area (Å²) in [5.41, 5.74) is 1.51. The number of carbonyl (C=O) groups excluding carboxylic acids is 3. The number of benzene rings is 3. The molecule has 48 heavy (non-hydrogen) atoms.